The van der Waals surface area contributed by atoms with Gasteiger partial charge in [-0.3, -0.25) is 9.48 Å². The van der Waals surface area contributed by atoms with Gasteiger partial charge < -0.3 is 16.4 Å². The van der Waals surface area contributed by atoms with E-state index in [0.29, 0.717) is 54.4 Å². The molecule has 10 heteroatoms. The zero-order chi connectivity index (χ0) is 23.9. The topological polar surface area (TPSA) is 124 Å². The molecule has 3 aromatic rings. The number of nitrogens with one attached hydrogen (secondary N) is 2. The van der Waals surface area contributed by atoms with Crippen molar-refractivity contribution in [2.45, 2.75) is 65.2 Å². The molecule has 33 heavy (non-hydrogen) atoms. The van der Waals surface area contributed by atoms with Gasteiger partial charge in [-0.1, -0.05) is 20.8 Å². The maximum Gasteiger partial charge on any atom is 0.251 e. The summed E-state index contributed by atoms with van der Waals surface area (Å²) in [7, 11) is 0. The molecule has 0 unspecified atom stereocenters. The number of nitrogens with two attached hydrogens (primary N) is 1. The number of primary amides is 1. The van der Waals surface area contributed by atoms with Gasteiger partial charge in [-0.05, 0) is 19.9 Å². The van der Waals surface area contributed by atoms with Gasteiger partial charge in [-0.15, -0.1) is 0 Å². The number of hydrogen-bond donors (Lipinski definition) is 3. The first-order valence-corrected chi connectivity index (χ1v) is 11.3. The number of carbonyl (C=O) groups excluding carboxylic acids is 1. The fourth-order valence-corrected chi connectivity index (χ4v) is 3.99. The summed E-state index contributed by atoms with van der Waals surface area (Å²) in [6, 6.07) is 1.49. The minimum atomic E-state index is -0.946. The van der Waals surface area contributed by atoms with Crippen LogP contribution in [0.4, 0.5) is 10.2 Å². The maximum atomic E-state index is 14.0. The predicted molar refractivity (Wildman–Crippen MR) is 126 cm³/mol. The van der Waals surface area contributed by atoms with Crippen molar-refractivity contribution in [2.75, 3.05) is 18.4 Å². The molecule has 9 nitrogen and oxygen atoms in total. The zero-order valence-corrected chi connectivity index (χ0v) is 19.7. The number of pyridine rings is 1. The third kappa shape index (κ3) is 4.66. The van der Waals surface area contributed by atoms with Crippen LogP contribution in [0.3, 0.4) is 0 Å². The van der Waals surface area contributed by atoms with E-state index in [0.717, 1.165) is 11.3 Å². The Morgan fingerprint density at radius 1 is 1.27 bits per heavy atom. The molecule has 4 N–H and O–H groups in total. The van der Waals surface area contributed by atoms with Crippen LogP contribution in [0.15, 0.2) is 12.3 Å². The number of piperidine rings is 1. The second-order valence-corrected chi connectivity index (χ2v) is 9.58. The lowest BCUT2D eigenvalue weighted by atomic mass is 9.95. The number of alkyl halides is 1. The smallest absolute Gasteiger partial charge is 0.251 e. The van der Waals surface area contributed by atoms with Crippen LogP contribution in [0, 0.1) is 6.92 Å². The minimum Gasteiger partial charge on any atom is -0.366 e. The van der Waals surface area contributed by atoms with Gasteiger partial charge >= 0.3 is 0 Å². The number of anilines is 1. The fourth-order valence-electron chi connectivity index (χ4n) is 3.99. The Kier molecular flexibility index (Phi) is 6.04. The summed E-state index contributed by atoms with van der Waals surface area (Å²) >= 11 is 0. The van der Waals surface area contributed by atoms with Crippen molar-refractivity contribution in [2.24, 2.45) is 5.73 Å². The molecule has 4 heterocycles. The van der Waals surface area contributed by atoms with Gasteiger partial charge in [0.25, 0.3) is 5.91 Å². The Morgan fingerprint density at radius 3 is 2.64 bits per heavy atom. The molecule has 4 rings (SSSR count). The van der Waals surface area contributed by atoms with Crippen LogP contribution in [-0.4, -0.2) is 55.9 Å². The number of carbonyl (C=O) groups is 1. The fraction of sp³-hybridized carbons (Fsp3) is 0.522. The third-order valence-corrected chi connectivity index (χ3v) is 5.77. The molecule has 3 aromatic heterocycles. The maximum absolute atomic E-state index is 14.0. The summed E-state index contributed by atoms with van der Waals surface area (Å²) in [5.41, 5.74) is 8.63. The van der Waals surface area contributed by atoms with E-state index in [-0.39, 0.29) is 17.0 Å². The van der Waals surface area contributed by atoms with Crippen molar-refractivity contribution in [3.63, 3.8) is 0 Å². The third-order valence-electron chi connectivity index (χ3n) is 5.77. The molecule has 0 aliphatic carbocycles. The Hall–Kier alpha value is -3.14. The molecule has 1 fully saturated rings. The van der Waals surface area contributed by atoms with Gasteiger partial charge in [0.2, 0.25) is 0 Å². The van der Waals surface area contributed by atoms with Crippen LogP contribution in [-0.2, 0) is 12.0 Å². The standard InChI is InChI=1S/C23H31FN8O/c1-6-32-11-16(12(2)31-32)17-8-15(20(25)33)18-19(28-17)21(30-22(29-18)23(3,4)5)27-14-7-13(24)9-26-10-14/h8,11,13-14,26H,6-7,9-10H2,1-5H3,(H2,25,33)(H,27,29,30)/t13-,14-/m0/s1. The summed E-state index contributed by atoms with van der Waals surface area (Å²) < 4.78 is 15.8. The SMILES string of the molecule is CCn1cc(-c2cc(C(N)=O)c3nc(C(C)(C)C)nc(N[C@@H]4CNC[C@@H](F)C4)c3n2)c(C)n1. The highest BCUT2D eigenvalue weighted by Gasteiger charge is 2.27. The van der Waals surface area contributed by atoms with Gasteiger partial charge in [0, 0.05) is 49.3 Å². The van der Waals surface area contributed by atoms with Crippen LogP contribution in [0.1, 0.15) is 56.0 Å². The minimum absolute atomic E-state index is 0.174. The number of aromatic nitrogens is 5. The van der Waals surface area contributed by atoms with Gasteiger partial charge in [0.05, 0.1) is 17.0 Å². The van der Waals surface area contributed by atoms with Crippen LogP contribution in [0.2, 0.25) is 0 Å². The Balaban J connectivity index is 1.95. The van der Waals surface area contributed by atoms with Crippen molar-refractivity contribution in [3.8, 4) is 11.3 Å². The summed E-state index contributed by atoms with van der Waals surface area (Å²) in [6.45, 7) is 11.5. The molecule has 0 radical (unpaired) electrons. The lowest BCUT2D eigenvalue weighted by molar-refractivity contribution is 0.100. The number of nitrogens with zero attached hydrogens (tertiary/aromatic N) is 5. The number of amides is 1. The van der Waals surface area contributed by atoms with Crippen molar-refractivity contribution in [1.29, 1.82) is 0 Å². The Bertz CT molecular complexity index is 1200. The molecule has 0 saturated carbocycles. The van der Waals surface area contributed by atoms with Crippen LogP contribution >= 0.6 is 0 Å². The highest BCUT2D eigenvalue weighted by atomic mass is 19.1. The van der Waals surface area contributed by atoms with Crippen molar-refractivity contribution < 1.29 is 9.18 Å². The summed E-state index contributed by atoms with van der Waals surface area (Å²) in [5, 5.41) is 10.9. The Labute approximate surface area is 192 Å². The normalized spacial score (nSPS) is 19.1. The quantitative estimate of drug-likeness (QED) is 0.541. The first-order valence-electron chi connectivity index (χ1n) is 11.3. The molecule has 0 spiro atoms. The van der Waals surface area contributed by atoms with Gasteiger partial charge in [-0.2, -0.15) is 5.10 Å². The van der Waals surface area contributed by atoms with E-state index >= 15 is 0 Å². The van der Waals surface area contributed by atoms with Crippen LogP contribution < -0.4 is 16.4 Å². The highest BCUT2D eigenvalue weighted by molar-refractivity contribution is 6.07. The molecule has 176 valence electrons. The average Bonchev–Trinajstić information content (AvgIpc) is 3.13. The first-order chi connectivity index (χ1) is 15.6. The van der Waals surface area contributed by atoms with E-state index in [1.54, 1.807) is 6.07 Å². The number of halogens is 1. The highest BCUT2D eigenvalue weighted by Crippen LogP contribution is 2.31. The van der Waals surface area contributed by atoms with E-state index in [1.807, 2.05) is 45.5 Å². The lowest BCUT2D eigenvalue weighted by Crippen LogP contribution is -2.44. The van der Waals surface area contributed by atoms with Crippen molar-refractivity contribution in [3.05, 3.63) is 29.3 Å². The summed E-state index contributed by atoms with van der Waals surface area (Å²) in [6.07, 6.45) is 1.30. The molecule has 1 saturated heterocycles. The van der Waals surface area contributed by atoms with E-state index < -0.39 is 12.1 Å². The van der Waals surface area contributed by atoms with Crippen molar-refractivity contribution >= 4 is 22.8 Å². The molecule has 0 aromatic carbocycles. The number of aryl methyl sites for hydroxylation is 2. The lowest BCUT2D eigenvalue weighted by Gasteiger charge is -2.28. The zero-order valence-electron chi connectivity index (χ0n) is 19.7. The van der Waals surface area contributed by atoms with Crippen molar-refractivity contribution in [1.82, 2.24) is 30.0 Å². The molecular weight excluding hydrogens is 423 g/mol. The van der Waals surface area contributed by atoms with E-state index in [4.69, 9.17) is 15.7 Å². The molecular formula is C23H31FN8O. The largest absolute Gasteiger partial charge is 0.366 e. The second-order valence-electron chi connectivity index (χ2n) is 9.58. The van der Waals surface area contributed by atoms with E-state index in [9.17, 15) is 9.18 Å². The average molecular weight is 455 g/mol. The molecule has 1 amide bonds. The van der Waals surface area contributed by atoms with E-state index in [2.05, 4.69) is 20.7 Å². The van der Waals surface area contributed by atoms with Crippen LogP contribution in [0.5, 0.6) is 0 Å². The summed E-state index contributed by atoms with van der Waals surface area (Å²) in [4.78, 5) is 26.8. The van der Waals surface area contributed by atoms with Gasteiger partial charge in [0.15, 0.2) is 5.82 Å². The number of fused-ring (bicyclic) bond motifs is 1. The summed E-state index contributed by atoms with van der Waals surface area (Å²) in [5.74, 6) is 0.415. The second kappa shape index (κ2) is 8.66. The van der Waals surface area contributed by atoms with Crippen LogP contribution in [0.25, 0.3) is 22.3 Å². The monoisotopic (exact) mass is 454 g/mol. The van der Waals surface area contributed by atoms with E-state index in [1.165, 1.54) is 0 Å². The predicted octanol–water partition coefficient (Wildman–Crippen LogP) is 2.72. The first kappa shape index (κ1) is 23.0. The van der Waals surface area contributed by atoms with Gasteiger partial charge in [-0.25, -0.2) is 19.3 Å². The van der Waals surface area contributed by atoms with Gasteiger partial charge in [0.1, 0.15) is 23.0 Å². The molecule has 1 aliphatic heterocycles. The number of hydrogen-bond acceptors (Lipinski definition) is 7. The number of rotatable bonds is 5. The molecule has 0 bridgehead atoms. The molecule has 2 atom stereocenters. The Morgan fingerprint density at radius 2 is 2.03 bits per heavy atom. The molecule has 1 aliphatic rings.